The maximum absolute atomic E-state index is 14.7. The molecule has 0 unspecified atom stereocenters. The van der Waals surface area contributed by atoms with Crippen LogP contribution in [-0.2, 0) is 6.42 Å². The van der Waals surface area contributed by atoms with Crippen molar-refractivity contribution in [3.8, 4) is 16.9 Å². The van der Waals surface area contributed by atoms with Crippen molar-refractivity contribution in [2.75, 3.05) is 6.61 Å². The summed E-state index contributed by atoms with van der Waals surface area (Å²) in [5.74, 6) is 1.86. The zero-order valence-electron chi connectivity index (χ0n) is 23.3. The number of allylic oxidation sites excluding steroid dienone is 2. The quantitative estimate of drug-likeness (QED) is 0.200. The van der Waals surface area contributed by atoms with Gasteiger partial charge in [-0.3, -0.25) is 0 Å². The summed E-state index contributed by atoms with van der Waals surface area (Å²) in [5.41, 5.74) is 2.15. The Kier molecular flexibility index (Phi) is 11.0. The Morgan fingerprint density at radius 3 is 2.18 bits per heavy atom. The fraction of sp³-hybridized carbons (Fsp3) is 0.543. The van der Waals surface area contributed by atoms with Crippen LogP contribution < -0.4 is 4.74 Å². The molecule has 2 aromatic rings. The SMILES string of the molecule is C=CCCOc1ccc(-c2ccc(CC/C=C/C3CCC(C4CCC(CCC)CC4)CC3)cc2)c(F)c1F. The van der Waals surface area contributed by atoms with Crippen molar-refractivity contribution in [1.82, 2.24) is 0 Å². The number of ether oxygens (including phenoxy) is 1. The summed E-state index contributed by atoms with van der Waals surface area (Å²) in [5, 5.41) is 0. The molecule has 4 rings (SSSR count). The lowest BCUT2D eigenvalue weighted by molar-refractivity contribution is 0.152. The Morgan fingerprint density at radius 2 is 1.53 bits per heavy atom. The molecule has 2 aliphatic carbocycles. The van der Waals surface area contributed by atoms with Crippen LogP contribution in [-0.4, -0.2) is 6.61 Å². The third-order valence-corrected chi connectivity index (χ3v) is 8.97. The molecule has 0 radical (unpaired) electrons. The van der Waals surface area contributed by atoms with Crippen molar-refractivity contribution in [3.05, 3.63) is 78.4 Å². The molecule has 2 fully saturated rings. The maximum Gasteiger partial charge on any atom is 0.201 e. The topological polar surface area (TPSA) is 9.23 Å². The molecule has 2 aliphatic rings. The minimum absolute atomic E-state index is 0.0560. The summed E-state index contributed by atoms with van der Waals surface area (Å²) in [4.78, 5) is 0. The van der Waals surface area contributed by atoms with Crippen molar-refractivity contribution >= 4 is 0 Å². The highest BCUT2D eigenvalue weighted by Gasteiger charge is 2.30. The molecular formula is C35H46F2O. The van der Waals surface area contributed by atoms with Crippen LogP contribution in [0.5, 0.6) is 5.75 Å². The molecule has 38 heavy (non-hydrogen) atoms. The van der Waals surface area contributed by atoms with E-state index in [1.54, 1.807) is 12.1 Å². The van der Waals surface area contributed by atoms with E-state index in [0.717, 1.165) is 36.5 Å². The first kappa shape index (κ1) is 28.6. The largest absolute Gasteiger partial charge is 0.490 e. The highest BCUT2D eigenvalue weighted by molar-refractivity contribution is 5.65. The number of hydrogen-bond acceptors (Lipinski definition) is 1. The van der Waals surface area contributed by atoms with Crippen molar-refractivity contribution in [1.29, 1.82) is 0 Å². The first-order chi connectivity index (χ1) is 18.6. The molecular weight excluding hydrogens is 474 g/mol. The van der Waals surface area contributed by atoms with Crippen molar-refractivity contribution in [2.24, 2.45) is 23.7 Å². The summed E-state index contributed by atoms with van der Waals surface area (Å²) in [7, 11) is 0. The highest BCUT2D eigenvalue weighted by Crippen LogP contribution is 2.42. The lowest BCUT2D eigenvalue weighted by Gasteiger charge is -2.37. The Bertz CT molecular complexity index is 1020. The monoisotopic (exact) mass is 520 g/mol. The first-order valence-corrected chi connectivity index (χ1v) is 15.1. The number of aryl methyl sites for hydroxylation is 1. The average Bonchev–Trinajstić information content (AvgIpc) is 2.95. The van der Waals surface area contributed by atoms with E-state index in [1.807, 2.05) is 24.3 Å². The Balaban J connectivity index is 1.20. The lowest BCUT2D eigenvalue weighted by Crippen LogP contribution is -2.25. The molecule has 0 bridgehead atoms. The van der Waals surface area contributed by atoms with E-state index in [-0.39, 0.29) is 17.9 Å². The predicted molar refractivity (Wildman–Crippen MR) is 155 cm³/mol. The molecule has 0 spiro atoms. The standard InChI is InChI=1S/C35H46F2O/c1-3-5-25-38-33-24-23-32(34(36)35(33)37)31-21-15-28(16-22-31)10-7-6-9-27-13-19-30(20-14-27)29-17-11-26(8-4-2)12-18-29/h3,6,9,15-16,21-24,26-27,29-30H,1,4-5,7-8,10-14,17-20,25H2,2H3/b9-6+. The zero-order valence-corrected chi connectivity index (χ0v) is 23.3. The third kappa shape index (κ3) is 7.80. The van der Waals surface area contributed by atoms with Gasteiger partial charge in [0.2, 0.25) is 5.82 Å². The van der Waals surface area contributed by atoms with E-state index in [1.165, 1.54) is 75.8 Å². The Morgan fingerprint density at radius 1 is 0.842 bits per heavy atom. The normalized spacial score (nSPS) is 24.0. The number of benzene rings is 2. The molecule has 206 valence electrons. The van der Waals surface area contributed by atoms with Gasteiger partial charge in [0.15, 0.2) is 11.6 Å². The van der Waals surface area contributed by atoms with Gasteiger partial charge in [0.25, 0.3) is 0 Å². The van der Waals surface area contributed by atoms with Crippen LogP contribution in [0.4, 0.5) is 8.78 Å². The van der Waals surface area contributed by atoms with E-state index >= 15 is 0 Å². The fourth-order valence-corrected chi connectivity index (χ4v) is 6.67. The summed E-state index contributed by atoms with van der Waals surface area (Å²) in [6, 6.07) is 10.9. The maximum atomic E-state index is 14.7. The predicted octanol–water partition coefficient (Wildman–Crippen LogP) is 10.5. The second-order valence-electron chi connectivity index (χ2n) is 11.6. The third-order valence-electron chi connectivity index (χ3n) is 8.97. The first-order valence-electron chi connectivity index (χ1n) is 15.1. The molecule has 0 N–H and O–H groups in total. The van der Waals surface area contributed by atoms with Gasteiger partial charge in [-0.15, -0.1) is 6.58 Å². The zero-order chi connectivity index (χ0) is 26.7. The van der Waals surface area contributed by atoms with Crippen LogP contribution in [0.3, 0.4) is 0 Å². The van der Waals surface area contributed by atoms with E-state index in [9.17, 15) is 8.78 Å². The highest BCUT2D eigenvalue weighted by atomic mass is 19.2. The molecule has 1 nitrogen and oxygen atoms in total. The molecule has 2 saturated carbocycles. The van der Waals surface area contributed by atoms with Crippen LogP contribution in [0, 0.1) is 35.3 Å². The molecule has 0 aliphatic heterocycles. The molecule has 0 atom stereocenters. The summed E-state index contributed by atoms with van der Waals surface area (Å²) < 4.78 is 34.4. The van der Waals surface area contributed by atoms with Gasteiger partial charge >= 0.3 is 0 Å². The van der Waals surface area contributed by atoms with E-state index in [2.05, 4.69) is 25.7 Å². The Labute approximate surface area is 229 Å². The van der Waals surface area contributed by atoms with E-state index in [4.69, 9.17) is 4.74 Å². The number of rotatable bonds is 12. The van der Waals surface area contributed by atoms with Crippen LogP contribution in [0.2, 0.25) is 0 Å². The van der Waals surface area contributed by atoms with Crippen LogP contribution in [0.1, 0.15) is 89.5 Å². The van der Waals surface area contributed by atoms with Crippen LogP contribution in [0.25, 0.3) is 11.1 Å². The van der Waals surface area contributed by atoms with Gasteiger partial charge in [-0.05, 0) is 105 Å². The molecule has 0 amide bonds. The number of halogens is 2. The van der Waals surface area contributed by atoms with Gasteiger partial charge in [-0.1, -0.05) is 75.1 Å². The molecule has 2 aromatic carbocycles. The van der Waals surface area contributed by atoms with Crippen LogP contribution in [0.15, 0.2) is 61.2 Å². The molecule has 0 aromatic heterocycles. The molecule has 3 heteroatoms. The summed E-state index contributed by atoms with van der Waals surface area (Å²) >= 11 is 0. The summed E-state index contributed by atoms with van der Waals surface area (Å²) in [6.07, 6.45) is 23.3. The smallest absolute Gasteiger partial charge is 0.201 e. The molecule has 0 saturated heterocycles. The van der Waals surface area contributed by atoms with Gasteiger partial charge in [0.05, 0.1) is 6.61 Å². The van der Waals surface area contributed by atoms with Gasteiger partial charge in [-0.2, -0.15) is 4.39 Å². The average molecular weight is 521 g/mol. The second kappa shape index (κ2) is 14.7. The van der Waals surface area contributed by atoms with E-state index in [0.29, 0.717) is 12.0 Å². The van der Waals surface area contributed by atoms with Crippen molar-refractivity contribution < 1.29 is 13.5 Å². The van der Waals surface area contributed by atoms with Gasteiger partial charge in [0, 0.05) is 5.56 Å². The van der Waals surface area contributed by atoms with Crippen molar-refractivity contribution in [2.45, 2.75) is 90.4 Å². The number of hydrogen-bond donors (Lipinski definition) is 0. The lowest BCUT2D eigenvalue weighted by atomic mass is 9.68. The van der Waals surface area contributed by atoms with Crippen molar-refractivity contribution in [3.63, 3.8) is 0 Å². The summed E-state index contributed by atoms with van der Waals surface area (Å²) in [6.45, 7) is 6.22. The molecule has 0 heterocycles. The van der Waals surface area contributed by atoms with Gasteiger partial charge in [-0.25, -0.2) is 4.39 Å². The Hall–Kier alpha value is -2.42. The minimum Gasteiger partial charge on any atom is -0.490 e. The van der Waals surface area contributed by atoms with Gasteiger partial charge < -0.3 is 4.74 Å². The fourth-order valence-electron chi connectivity index (χ4n) is 6.67. The van der Waals surface area contributed by atoms with E-state index < -0.39 is 11.6 Å². The van der Waals surface area contributed by atoms with Gasteiger partial charge in [0.1, 0.15) is 0 Å². The second-order valence-corrected chi connectivity index (χ2v) is 11.6. The van der Waals surface area contributed by atoms with Crippen LogP contribution >= 0.6 is 0 Å². The minimum atomic E-state index is -0.936.